The largest absolute Gasteiger partial charge is 0.468 e. The Kier molecular flexibility index (Phi) is 4.74. The number of amides is 1. The lowest BCUT2D eigenvalue weighted by Gasteiger charge is -2.19. The summed E-state index contributed by atoms with van der Waals surface area (Å²) in [5, 5.41) is 4.37. The molecule has 0 unspecified atom stereocenters. The van der Waals surface area contributed by atoms with Gasteiger partial charge in [0.15, 0.2) is 5.65 Å². The standard InChI is InChI=1S/C25H22N4O3/c1-28(23(30)18-8-10-19(11-9-18)25(13-14-25)24(31)32-2)22-16-20(17-6-4-3-5-7-17)29-21(27-22)12-15-26-29/h3-12,15-16H,13-14H2,1-2H3. The Morgan fingerprint density at radius 3 is 2.41 bits per heavy atom. The molecule has 2 aromatic carbocycles. The molecule has 2 heterocycles. The summed E-state index contributed by atoms with van der Waals surface area (Å²) in [5.74, 6) is 0.120. The number of hydrogen-bond donors (Lipinski definition) is 0. The molecule has 0 atom stereocenters. The molecule has 4 aromatic rings. The van der Waals surface area contributed by atoms with E-state index in [0.29, 0.717) is 17.0 Å². The van der Waals surface area contributed by atoms with Crippen LogP contribution in [0, 0.1) is 0 Å². The summed E-state index contributed by atoms with van der Waals surface area (Å²) in [7, 11) is 3.11. The van der Waals surface area contributed by atoms with E-state index in [1.165, 1.54) is 12.0 Å². The predicted octanol–water partition coefficient (Wildman–Crippen LogP) is 3.88. The molecule has 1 fully saturated rings. The number of aromatic nitrogens is 3. The molecule has 5 rings (SSSR count). The molecule has 0 spiro atoms. The normalized spacial score (nSPS) is 14.2. The lowest BCUT2D eigenvalue weighted by atomic mass is 9.95. The van der Waals surface area contributed by atoms with Crippen molar-refractivity contribution >= 4 is 23.3 Å². The van der Waals surface area contributed by atoms with E-state index < -0.39 is 5.41 Å². The van der Waals surface area contributed by atoms with Gasteiger partial charge < -0.3 is 4.74 Å². The molecule has 0 saturated heterocycles. The lowest BCUT2D eigenvalue weighted by Crippen LogP contribution is -2.28. The topological polar surface area (TPSA) is 76.8 Å². The number of rotatable bonds is 5. The van der Waals surface area contributed by atoms with Crippen LogP contribution in [0.25, 0.3) is 16.9 Å². The van der Waals surface area contributed by atoms with Gasteiger partial charge in [-0.25, -0.2) is 9.50 Å². The van der Waals surface area contributed by atoms with Gasteiger partial charge in [0, 0.05) is 30.3 Å². The Balaban J connectivity index is 1.46. The monoisotopic (exact) mass is 426 g/mol. The highest BCUT2D eigenvalue weighted by Crippen LogP contribution is 2.49. The van der Waals surface area contributed by atoms with Crippen molar-refractivity contribution in [2.75, 3.05) is 19.1 Å². The van der Waals surface area contributed by atoms with Crippen LogP contribution in [0.5, 0.6) is 0 Å². The van der Waals surface area contributed by atoms with Crippen LogP contribution in [0.2, 0.25) is 0 Å². The Labute approximate surface area is 185 Å². The van der Waals surface area contributed by atoms with Crippen LogP contribution in [0.3, 0.4) is 0 Å². The zero-order valence-electron chi connectivity index (χ0n) is 17.9. The van der Waals surface area contributed by atoms with Gasteiger partial charge in [-0.15, -0.1) is 0 Å². The van der Waals surface area contributed by atoms with E-state index in [2.05, 4.69) is 10.1 Å². The maximum absolute atomic E-state index is 13.2. The summed E-state index contributed by atoms with van der Waals surface area (Å²) in [6.07, 6.45) is 3.23. The van der Waals surface area contributed by atoms with Crippen molar-refractivity contribution in [1.29, 1.82) is 0 Å². The van der Waals surface area contributed by atoms with E-state index in [9.17, 15) is 9.59 Å². The second-order valence-electron chi connectivity index (χ2n) is 7.98. The number of carbonyl (C=O) groups is 2. The molecule has 1 aliphatic rings. The second kappa shape index (κ2) is 7.60. The fourth-order valence-electron chi connectivity index (χ4n) is 4.05. The van der Waals surface area contributed by atoms with Gasteiger partial charge in [0.2, 0.25) is 0 Å². The van der Waals surface area contributed by atoms with E-state index in [-0.39, 0.29) is 11.9 Å². The number of benzene rings is 2. The highest BCUT2D eigenvalue weighted by atomic mass is 16.5. The first kappa shape index (κ1) is 19.9. The number of nitrogens with zero attached hydrogens (tertiary/aromatic N) is 4. The fraction of sp³-hybridized carbons (Fsp3) is 0.200. The number of hydrogen-bond acceptors (Lipinski definition) is 5. The number of carbonyl (C=O) groups excluding carboxylic acids is 2. The molecule has 1 aliphatic carbocycles. The van der Waals surface area contributed by atoms with E-state index >= 15 is 0 Å². The Bertz CT molecular complexity index is 1310. The van der Waals surface area contributed by atoms with Gasteiger partial charge in [0.25, 0.3) is 5.91 Å². The number of fused-ring (bicyclic) bond motifs is 1. The average molecular weight is 426 g/mol. The van der Waals surface area contributed by atoms with E-state index in [1.807, 2.05) is 54.6 Å². The van der Waals surface area contributed by atoms with Gasteiger partial charge in [-0.05, 0) is 30.5 Å². The molecule has 0 radical (unpaired) electrons. The molecule has 7 nitrogen and oxygen atoms in total. The van der Waals surface area contributed by atoms with Crippen molar-refractivity contribution in [1.82, 2.24) is 14.6 Å². The summed E-state index contributed by atoms with van der Waals surface area (Å²) < 4.78 is 6.71. The average Bonchev–Trinajstić information content (AvgIpc) is 3.52. The zero-order chi connectivity index (χ0) is 22.3. The van der Waals surface area contributed by atoms with E-state index in [4.69, 9.17) is 4.74 Å². The minimum absolute atomic E-state index is 0.185. The summed E-state index contributed by atoms with van der Waals surface area (Å²) in [6, 6.07) is 20.7. The molecule has 2 aromatic heterocycles. The quantitative estimate of drug-likeness (QED) is 0.453. The zero-order valence-corrected chi connectivity index (χ0v) is 17.9. The Morgan fingerprint density at radius 2 is 1.75 bits per heavy atom. The lowest BCUT2D eigenvalue weighted by molar-refractivity contribution is -0.143. The molecule has 0 bridgehead atoms. The van der Waals surface area contributed by atoms with E-state index in [1.54, 1.807) is 29.9 Å². The van der Waals surface area contributed by atoms with Gasteiger partial charge in [-0.3, -0.25) is 14.5 Å². The highest BCUT2D eigenvalue weighted by Gasteiger charge is 2.52. The molecule has 32 heavy (non-hydrogen) atoms. The smallest absolute Gasteiger partial charge is 0.316 e. The predicted molar refractivity (Wildman–Crippen MR) is 121 cm³/mol. The van der Waals surface area contributed by atoms with Crippen molar-refractivity contribution in [2.45, 2.75) is 18.3 Å². The van der Waals surface area contributed by atoms with Gasteiger partial charge in [-0.1, -0.05) is 42.5 Å². The van der Waals surface area contributed by atoms with Crippen molar-refractivity contribution in [3.63, 3.8) is 0 Å². The fourth-order valence-corrected chi connectivity index (χ4v) is 4.05. The van der Waals surface area contributed by atoms with Gasteiger partial charge >= 0.3 is 5.97 Å². The first-order valence-electron chi connectivity index (χ1n) is 10.4. The third-order valence-corrected chi connectivity index (χ3v) is 6.07. The number of ether oxygens (including phenoxy) is 1. The van der Waals surface area contributed by atoms with Crippen LogP contribution in [0.15, 0.2) is 72.9 Å². The second-order valence-corrected chi connectivity index (χ2v) is 7.98. The summed E-state index contributed by atoms with van der Waals surface area (Å²) >= 11 is 0. The SMILES string of the molecule is COC(=O)C1(c2ccc(C(=O)N(C)c3cc(-c4ccccc4)n4nccc4n3)cc2)CC1. The first-order chi connectivity index (χ1) is 15.5. The van der Waals surface area contributed by atoms with Crippen LogP contribution >= 0.6 is 0 Å². The molecule has 7 heteroatoms. The van der Waals surface area contributed by atoms with Crippen LogP contribution in [0.4, 0.5) is 5.82 Å². The summed E-state index contributed by atoms with van der Waals surface area (Å²) in [5.41, 5.74) is 3.33. The van der Waals surface area contributed by atoms with Gasteiger partial charge in [0.1, 0.15) is 5.82 Å². The first-order valence-corrected chi connectivity index (χ1v) is 10.4. The van der Waals surface area contributed by atoms with Crippen LogP contribution in [-0.4, -0.2) is 40.6 Å². The molecular formula is C25H22N4O3. The number of anilines is 1. The Morgan fingerprint density at radius 1 is 1.03 bits per heavy atom. The van der Waals surface area contributed by atoms with Gasteiger partial charge in [-0.2, -0.15) is 5.10 Å². The van der Waals surface area contributed by atoms with Crippen LogP contribution in [0.1, 0.15) is 28.8 Å². The third-order valence-electron chi connectivity index (χ3n) is 6.07. The van der Waals surface area contributed by atoms with Crippen molar-refractivity contribution < 1.29 is 14.3 Å². The molecule has 0 N–H and O–H groups in total. The molecule has 0 aliphatic heterocycles. The molecule has 1 amide bonds. The maximum Gasteiger partial charge on any atom is 0.316 e. The van der Waals surface area contributed by atoms with Crippen LogP contribution < -0.4 is 4.90 Å². The van der Waals surface area contributed by atoms with Gasteiger partial charge in [0.05, 0.1) is 24.4 Å². The minimum Gasteiger partial charge on any atom is -0.468 e. The molecule has 1 saturated carbocycles. The molecular weight excluding hydrogens is 404 g/mol. The highest BCUT2D eigenvalue weighted by molar-refractivity contribution is 6.05. The maximum atomic E-state index is 13.2. The minimum atomic E-state index is -0.554. The van der Waals surface area contributed by atoms with Crippen molar-refractivity contribution in [3.8, 4) is 11.3 Å². The van der Waals surface area contributed by atoms with Crippen LogP contribution in [-0.2, 0) is 14.9 Å². The molecule has 160 valence electrons. The summed E-state index contributed by atoms with van der Waals surface area (Å²) in [6.45, 7) is 0. The summed E-state index contributed by atoms with van der Waals surface area (Å²) in [4.78, 5) is 31.5. The number of methoxy groups -OCH3 is 1. The van der Waals surface area contributed by atoms with Crippen molar-refractivity contribution in [2.24, 2.45) is 0 Å². The number of esters is 1. The van der Waals surface area contributed by atoms with E-state index in [0.717, 1.165) is 29.7 Å². The van der Waals surface area contributed by atoms with Crippen molar-refractivity contribution in [3.05, 3.63) is 84.1 Å². The Hall–Kier alpha value is -4.00. The third kappa shape index (κ3) is 3.22.